The molecule has 0 aliphatic rings. The van der Waals surface area contributed by atoms with Crippen LogP contribution >= 0.6 is 12.6 Å². The second kappa shape index (κ2) is 7.03. The summed E-state index contributed by atoms with van der Waals surface area (Å²) in [5, 5.41) is 17.6. The maximum absolute atomic E-state index is 8.56. The first-order chi connectivity index (χ1) is 5.69. The molecular formula is C8H19NO3S. The molecule has 0 aliphatic heterocycles. The summed E-state index contributed by atoms with van der Waals surface area (Å²) in [5.74, 6) is 0. The molecule has 0 saturated heterocycles. The number of thiol groups is 1. The quantitative estimate of drug-likeness (QED) is 0.416. The van der Waals surface area contributed by atoms with Crippen LogP contribution in [0.15, 0.2) is 0 Å². The highest BCUT2D eigenvalue weighted by atomic mass is 32.1. The van der Waals surface area contributed by atoms with Crippen molar-refractivity contribution in [1.82, 2.24) is 5.32 Å². The molecule has 0 spiro atoms. The lowest BCUT2D eigenvalue weighted by Gasteiger charge is -2.24. The Morgan fingerprint density at radius 2 is 1.77 bits per heavy atom. The Morgan fingerprint density at radius 3 is 1.85 bits per heavy atom. The van der Waals surface area contributed by atoms with Crippen LogP contribution in [0.3, 0.4) is 0 Å². The summed E-state index contributed by atoms with van der Waals surface area (Å²) in [7, 11) is 0. The van der Waals surface area contributed by atoms with Gasteiger partial charge in [-0.25, -0.2) is 4.79 Å². The van der Waals surface area contributed by atoms with Crippen LogP contribution in [-0.2, 0) is 0 Å². The zero-order valence-corrected chi connectivity index (χ0v) is 9.43. The third-order valence-corrected chi connectivity index (χ3v) is 1.48. The van der Waals surface area contributed by atoms with Crippen LogP contribution in [0.5, 0.6) is 0 Å². The summed E-state index contributed by atoms with van der Waals surface area (Å²) in [4.78, 5) is 8.56. The van der Waals surface area contributed by atoms with E-state index in [9.17, 15) is 0 Å². The molecule has 0 aromatic carbocycles. The molecule has 1 unspecified atom stereocenters. The Morgan fingerprint density at radius 1 is 1.46 bits per heavy atom. The zero-order chi connectivity index (χ0) is 11.1. The van der Waals surface area contributed by atoms with Gasteiger partial charge in [0.05, 0.1) is 5.37 Å². The maximum Gasteiger partial charge on any atom is 0.503 e. The van der Waals surface area contributed by atoms with Gasteiger partial charge in [-0.3, -0.25) is 0 Å². The minimum absolute atomic E-state index is 0.197. The summed E-state index contributed by atoms with van der Waals surface area (Å²) in [6.45, 7) is 8.56. The van der Waals surface area contributed by atoms with Gasteiger partial charge in [-0.05, 0) is 27.2 Å². The van der Waals surface area contributed by atoms with Crippen molar-refractivity contribution in [3.63, 3.8) is 0 Å². The normalized spacial score (nSPS) is 12.7. The molecule has 80 valence electrons. The van der Waals surface area contributed by atoms with Crippen molar-refractivity contribution in [1.29, 1.82) is 0 Å². The molecule has 13 heavy (non-hydrogen) atoms. The van der Waals surface area contributed by atoms with E-state index >= 15 is 0 Å². The molecule has 0 fully saturated rings. The topological polar surface area (TPSA) is 69.6 Å². The molecule has 0 aliphatic carbocycles. The van der Waals surface area contributed by atoms with Gasteiger partial charge in [0.1, 0.15) is 0 Å². The van der Waals surface area contributed by atoms with E-state index in [2.05, 4.69) is 45.6 Å². The van der Waals surface area contributed by atoms with Gasteiger partial charge in [-0.15, -0.1) is 0 Å². The lowest BCUT2D eigenvalue weighted by atomic mass is 10.1. The molecule has 1 atom stereocenters. The molecule has 0 saturated carbocycles. The van der Waals surface area contributed by atoms with Crippen molar-refractivity contribution in [3.8, 4) is 0 Å². The molecule has 0 rings (SSSR count). The lowest BCUT2D eigenvalue weighted by molar-refractivity contribution is 0.137. The smallest absolute Gasteiger partial charge is 0.450 e. The van der Waals surface area contributed by atoms with E-state index in [0.717, 1.165) is 6.42 Å². The highest BCUT2D eigenvalue weighted by molar-refractivity contribution is 7.80. The molecule has 5 heteroatoms. The number of hydrogen-bond donors (Lipinski definition) is 4. The third-order valence-electron chi connectivity index (χ3n) is 0.986. The molecule has 0 aromatic heterocycles. The number of carbonyl (C=O) groups is 1. The number of rotatable bonds is 2. The van der Waals surface area contributed by atoms with Gasteiger partial charge < -0.3 is 15.5 Å². The fourth-order valence-electron chi connectivity index (χ4n) is 0.602. The zero-order valence-electron chi connectivity index (χ0n) is 8.53. The average Bonchev–Trinajstić information content (AvgIpc) is 1.82. The molecule has 0 amide bonds. The van der Waals surface area contributed by atoms with Crippen LogP contribution in [0.4, 0.5) is 4.79 Å². The molecule has 3 N–H and O–H groups in total. The Hall–Kier alpha value is -0.420. The molecule has 0 aromatic rings. The van der Waals surface area contributed by atoms with Crippen molar-refractivity contribution in [2.45, 2.75) is 45.0 Å². The Kier molecular flexibility index (Phi) is 8.15. The first-order valence-electron chi connectivity index (χ1n) is 4.06. The van der Waals surface area contributed by atoms with Crippen LogP contribution in [0.1, 0.15) is 34.1 Å². The molecule has 4 nitrogen and oxygen atoms in total. The molecular weight excluding hydrogens is 190 g/mol. The number of nitrogens with one attached hydrogen (secondary N) is 1. The van der Waals surface area contributed by atoms with Crippen molar-refractivity contribution < 1.29 is 15.0 Å². The highest BCUT2D eigenvalue weighted by Crippen LogP contribution is 2.05. The minimum atomic E-state index is -1.83. The Balaban J connectivity index is 0. The van der Waals surface area contributed by atoms with E-state index in [1.54, 1.807) is 0 Å². The lowest BCUT2D eigenvalue weighted by Crippen LogP contribution is -2.40. The van der Waals surface area contributed by atoms with Gasteiger partial charge >= 0.3 is 6.16 Å². The third kappa shape index (κ3) is 24.5. The number of carboxylic acid groups (broad SMARTS) is 2. The van der Waals surface area contributed by atoms with Crippen molar-refractivity contribution in [2.75, 3.05) is 0 Å². The summed E-state index contributed by atoms with van der Waals surface area (Å²) < 4.78 is 0. The first kappa shape index (κ1) is 15.1. The maximum atomic E-state index is 8.56. The highest BCUT2D eigenvalue weighted by Gasteiger charge is 2.11. The SMILES string of the molecule is CCC(S)NC(C)(C)C.O=C(O)O. The second-order valence-electron chi connectivity index (χ2n) is 3.60. The van der Waals surface area contributed by atoms with E-state index in [4.69, 9.17) is 15.0 Å². The van der Waals surface area contributed by atoms with Crippen molar-refractivity contribution in [3.05, 3.63) is 0 Å². The van der Waals surface area contributed by atoms with Crippen molar-refractivity contribution >= 4 is 18.8 Å². The van der Waals surface area contributed by atoms with Crippen LogP contribution in [0, 0.1) is 0 Å². The van der Waals surface area contributed by atoms with Gasteiger partial charge in [-0.1, -0.05) is 6.92 Å². The van der Waals surface area contributed by atoms with Crippen LogP contribution in [-0.4, -0.2) is 27.3 Å². The van der Waals surface area contributed by atoms with E-state index in [1.165, 1.54) is 0 Å². The van der Waals surface area contributed by atoms with Gasteiger partial charge in [0.25, 0.3) is 0 Å². The van der Waals surface area contributed by atoms with E-state index < -0.39 is 6.16 Å². The second-order valence-corrected chi connectivity index (χ2v) is 4.22. The summed E-state index contributed by atoms with van der Waals surface area (Å²) in [6, 6.07) is 0. The Bertz CT molecular complexity index is 141. The number of hydrogen-bond acceptors (Lipinski definition) is 3. The minimum Gasteiger partial charge on any atom is -0.450 e. The van der Waals surface area contributed by atoms with Gasteiger partial charge in [0.2, 0.25) is 0 Å². The van der Waals surface area contributed by atoms with E-state index in [1.807, 2.05) is 0 Å². The summed E-state index contributed by atoms with van der Waals surface area (Å²) >= 11 is 4.31. The average molecular weight is 209 g/mol. The van der Waals surface area contributed by atoms with Gasteiger partial charge in [0, 0.05) is 5.54 Å². The van der Waals surface area contributed by atoms with E-state index in [-0.39, 0.29) is 5.54 Å². The summed E-state index contributed by atoms with van der Waals surface area (Å²) in [5.41, 5.74) is 0.197. The van der Waals surface area contributed by atoms with E-state index in [0.29, 0.717) is 5.37 Å². The van der Waals surface area contributed by atoms with Crippen LogP contribution < -0.4 is 5.32 Å². The van der Waals surface area contributed by atoms with Gasteiger partial charge in [-0.2, -0.15) is 12.6 Å². The fourth-order valence-corrected chi connectivity index (χ4v) is 0.989. The fraction of sp³-hybridized carbons (Fsp3) is 0.875. The van der Waals surface area contributed by atoms with Crippen molar-refractivity contribution in [2.24, 2.45) is 0 Å². The van der Waals surface area contributed by atoms with Crippen LogP contribution in [0.25, 0.3) is 0 Å². The van der Waals surface area contributed by atoms with Crippen LogP contribution in [0.2, 0.25) is 0 Å². The summed E-state index contributed by atoms with van der Waals surface area (Å²) in [6.07, 6.45) is -0.764. The largest absolute Gasteiger partial charge is 0.503 e. The first-order valence-corrected chi connectivity index (χ1v) is 4.58. The predicted octanol–water partition coefficient (Wildman–Crippen LogP) is 2.26. The predicted molar refractivity (Wildman–Crippen MR) is 56.6 cm³/mol. The Labute approximate surface area is 84.8 Å². The molecule has 0 radical (unpaired) electrons. The standard InChI is InChI=1S/C7H17NS.CH2O3/c1-5-6(9)8-7(2,3)4;2-1(3)4/h6,8-9H,5H2,1-4H3;(H2,2,3,4). The molecule has 0 bridgehead atoms. The monoisotopic (exact) mass is 209 g/mol. The molecule has 0 heterocycles. The van der Waals surface area contributed by atoms with Gasteiger partial charge in [0.15, 0.2) is 0 Å².